The molecule has 17 heteroatoms. The summed E-state index contributed by atoms with van der Waals surface area (Å²) in [5, 5.41) is 17.0. The van der Waals surface area contributed by atoms with E-state index in [1.807, 2.05) is 136 Å². The van der Waals surface area contributed by atoms with Crippen LogP contribution in [0.3, 0.4) is 0 Å². The Bertz CT molecular complexity index is 2840. The maximum Gasteiger partial charge on any atom is 0.484 e. The van der Waals surface area contributed by atoms with Crippen LogP contribution in [-0.2, 0) is 25.4 Å². The minimum absolute atomic E-state index is 0.122. The second-order valence-electron chi connectivity index (χ2n) is 17.7. The van der Waals surface area contributed by atoms with Crippen LogP contribution in [0.2, 0.25) is 0 Å². The highest BCUT2D eigenvalue weighted by molar-refractivity contribution is 9.10. The van der Waals surface area contributed by atoms with E-state index < -0.39 is 29.9 Å². The number of hydrogen-bond donors (Lipinski definition) is 4. The van der Waals surface area contributed by atoms with Crippen molar-refractivity contribution in [3.8, 4) is 22.8 Å². The molecule has 0 radical (unpaired) electrons. The molecule has 67 heavy (non-hydrogen) atoms. The number of carbonyl (C=O) groups is 3. The number of guanidine groups is 2. The van der Waals surface area contributed by atoms with Gasteiger partial charge in [-0.05, 0) is 97.9 Å². The SMILES string of the molecule is CN1C(=O)C2(CC(c3ccccc3)Oc3ccc(-c4cccn4C(=O)OC(C)(C)C)cc32)N=C1N.CN1C(=O)C2(CC(c3ccccc3)Oc3ccc(Br)cc32)N=C1N.OB(O)C1=CC=CC1. The van der Waals surface area contributed by atoms with E-state index in [9.17, 15) is 14.4 Å². The van der Waals surface area contributed by atoms with Gasteiger partial charge in [0.1, 0.15) is 29.3 Å². The van der Waals surface area contributed by atoms with Crippen molar-refractivity contribution in [2.75, 3.05) is 14.1 Å². The van der Waals surface area contributed by atoms with Crippen molar-refractivity contribution in [3.63, 3.8) is 0 Å². The first-order valence-corrected chi connectivity index (χ1v) is 22.5. The van der Waals surface area contributed by atoms with E-state index in [2.05, 4.69) is 25.9 Å². The fourth-order valence-electron chi connectivity index (χ4n) is 8.66. The van der Waals surface area contributed by atoms with Crippen LogP contribution in [0.5, 0.6) is 11.5 Å². The molecule has 0 saturated carbocycles. The summed E-state index contributed by atoms with van der Waals surface area (Å²) in [4.78, 5) is 51.4. The number of aromatic nitrogens is 1. The largest absolute Gasteiger partial charge is 0.485 e. The third-order valence-electron chi connectivity index (χ3n) is 12.0. The molecule has 5 heterocycles. The van der Waals surface area contributed by atoms with E-state index in [1.165, 1.54) is 14.4 Å². The lowest BCUT2D eigenvalue weighted by atomic mass is 9.79. The summed E-state index contributed by atoms with van der Waals surface area (Å²) >= 11 is 3.47. The molecule has 10 rings (SSSR count). The molecule has 1 aliphatic carbocycles. The van der Waals surface area contributed by atoms with Gasteiger partial charge in [0.25, 0.3) is 11.8 Å². The molecule has 1 aromatic heterocycles. The predicted octanol–water partition coefficient (Wildman–Crippen LogP) is 7.28. The molecule has 344 valence electrons. The predicted molar refractivity (Wildman–Crippen MR) is 259 cm³/mol. The number of halogens is 1. The number of hydrogen-bond acceptors (Lipinski definition) is 12. The first-order chi connectivity index (χ1) is 31.9. The monoisotopic (exact) mass is 967 g/mol. The van der Waals surface area contributed by atoms with Gasteiger partial charge in [0.15, 0.2) is 23.0 Å². The highest BCUT2D eigenvalue weighted by Crippen LogP contribution is 2.52. The Balaban J connectivity index is 0.000000163. The second kappa shape index (κ2) is 18.4. The molecular formula is C50H51BBrN7O8. The molecule has 4 unspecified atom stereocenters. The molecule has 5 aliphatic rings. The number of nitrogens with two attached hydrogens (primary N) is 2. The molecule has 0 fully saturated rings. The number of rotatable bonds is 4. The second-order valence-corrected chi connectivity index (χ2v) is 18.6. The molecule has 6 N–H and O–H groups in total. The lowest BCUT2D eigenvalue weighted by Gasteiger charge is -2.37. The Labute approximate surface area is 397 Å². The number of fused-ring (bicyclic) bond motifs is 4. The first-order valence-electron chi connectivity index (χ1n) is 21.7. The van der Waals surface area contributed by atoms with Crippen LogP contribution in [-0.4, -0.2) is 81.1 Å². The van der Waals surface area contributed by atoms with Gasteiger partial charge in [-0.2, -0.15) is 0 Å². The number of allylic oxidation sites excluding steroid dienone is 4. The lowest BCUT2D eigenvalue weighted by Crippen LogP contribution is -2.43. The van der Waals surface area contributed by atoms with Gasteiger partial charge < -0.3 is 35.7 Å². The average Bonchev–Trinajstić information content (AvgIpc) is 4.12. The summed E-state index contributed by atoms with van der Waals surface area (Å²) < 4.78 is 20.4. The summed E-state index contributed by atoms with van der Waals surface area (Å²) in [5.74, 6) is 1.29. The minimum Gasteiger partial charge on any atom is -0.485 e. The Morgan fingerprint density at radius 3 is 1.75 bits per heavy atom. The third kappa shape index (κ3) is 9.14. The zero-order valence-corrected chi connectivity index (χ0v) is 39.3. The van der Waals surface area contributed by atoms with Crippen molar-refractivity contribution in [1.82, 2.24) is 14.4 Å². The lowest BCUT2D eigenvalue weighted by molar-refractivity contribution is -0.133. The van der Waals surface area contributed by atoms with Crippen LogP contribution >= 0.6 is 15.9 Å². The van der Waals surface area contributed by atoms with Crippen LogP contribution < -0.4 is 20.9 Å². The number of ether oxygens (including phenoxy) is 3. The molecule has 0 saturated heterocycles. The fraction of sp³-hybridized carbons (Fsp3) is 0.260. The van der Waals surface area contributed by atoms with Gasteiger partial charge in [0.05, 0.1) is 5.69 Å². The van der Waals surface area contributed by atoms with Crippen LogP contribution in [0.4, 0.5) is 4.79 Å². The van der Waals surface area contributed by atoms with Gasteiger partial charge in [0, 0.05) is 48.7 Å². The molecule has 5 aromatic rings. The summed E-state index contributed by atoms with van der Waals surface area (Å²) in [6.45, 7) is 5.46. The summed E-state index contributed by atoms with van der Waals surface area (Å²) in [6.07, 6.45) is 7.37. The van der Waals surface area contributed by atoms with Gasteiger partial charge in [-0.15, -0.1) is 0 Å². The standard InChI is InChI=1S/C27H28N4O4.C18H16BrN3O2.C5H7BO2/c1-26(2,3)35-25(33)31-14-8-11-20(31)18-12-13-21-19(15-18)27(23(32)30(4)24(28)29-27)16-22(34-21)17-9-6-5-7-10-17;1-22-16(23)18(21-17(22)20)10-15(11-5-3-2-4-6-11)24-14-8-7-12(19)9-13(14)18;7-6(8)5-3-1-2-4-5/h5-15,22H,16H2,1-4H3,(H2,28,29);2-9,15H,10H2,1H3,(H2,20,21);1-3,7-8H,4H2. The van der Waals surface area contributed by atoms with Crippen LogP contribution in [0.1, 0.15) is 74.5 Å². The molecule has 15 nitrogen and oxygen atoms in total. The zero-order valence-electron chi connectivity index (χ0n) is 37.7. The van der Waals surface area contributed by atoms with Crippen molar-refractivity contribution in [2.45, 2.75) is 68.9 Å². The summed E-state index contributed by atoms with van der Waals surface area (Å²) in [5.41, 5.74) is 14.6. The van der Waals surface area contributed by atoms with Crippen LogP contribution in [0.25, 0.3) is 11.3 Å². The maximum atomic E-state index is 13.6. The molecular weight excluding hydrogens is 917 g/mol. The van der Waals surface area contributed by atoms with Crippen molar-refractivity contribution in [3.05, 3.63) is 166 Å². The molecule has 4 aromatic carbocycles. The Morgan fingerprint density at radius 2 is 1.30 bits per heavy atom. The van der Waals surface area contributed by atoms with Crippen molar-refractivity contribution >= 4 is 52.9 Å². The number of nitrogens with zero attached hydrogens (tertiary/aromatic N) is 5. The van der Waals surface area contributed by atoms with Crippen molar-refractivity contribution in [1.29, 1.82) is 0 Å². The van der Waals surface area contributed by atoms with E-state index in [0.717, 1.165) is 26.7 Å². The number of carbonyl (C=O) groups excluding carboxylic acids is 3. The Kier molecular flexibility index (Phi) is 12.8. The fourth-order valence-corrected chi connectivity index (χ4v) is 9.02. The highest BCUT2D eigenvalue weighted by Gasteiger charge is 2.55. The zero-order chi connectivity index (χ0) is 47.8. The average molecular weight is 969 g/mol. The quantitative estimate of drug-likeness (QED) is 0.132. The molecule has 2 amide bonds. The van der Waals surface area contributed by atoms with Gasteiger partial charge in [-0.25, -0.2) is 14.8 Å². The molecule has 4 aliphatic heterocycles. The Morgan fingerprint density at radius 1 is 0.776 bits per heavy atom. The van der Waals surface area contributed by atoms with Crippen LogP contribution in [0.15, 0.2) is 154 Å². The van der Waals surface area contributed by atoms with Gasteiger partial charge in [-0.1, -0.05) is 94.8 Å². The van der Waals surface area contributed by atoms with Gasteiger partial charge in [0.2, 0.25) is 0 Å². The highest BCUT2D eigenvalue weighted by atomic mass is 79.9. The van der Waals surface area contributed by atoms with E-state index in [-0.39, 0.29) is 35.9 Å². The van der Waals surface area contributed by atoms with E-state index in [1.54, 1.807) is 32.4 Å². The van der Waals surface area contributed by atoms with Crippen LogP contribution in [0, 0.1) is 0 Å². The molecule has 2 spiro atoms. The maximum absolute atomic E-state index is 13.6. The van der Waals surface area contributed by atoms with Crippen molar-refractivity contribution in [2.24, 2.45) is 21.5 Å². The number of benzene rings is 4. The van der Waals surface area contributed by atoms with Crippen molar-refractivity contribution < 1.29 is 38.6 Å². The number of aliphatic imine (C=N–C) groups is 2. The normalized spacial score (nSPS) is 22.3. The van der Waals surface area contributed by atoms with Gasteiger partial charge in [-0.3, -0.25) is 24.0 Å². The molecule has 0 bridgehead atoms. The smallest absolute Gasteiger partial charge is 0.484 e. The summed E-state index contributed by atoms with van der Waals surface area (Å²) in [7, 11) is 2.02. The third-order valence-corrected chi connectivity index (χ3v) is 12.5. The van der Waals surface area contributed by atoms with Gasteiger partial charge >= 0.3 is 13.2 Å². The number of likely N-dealkylation sites (N-methyl/N-ethyl adjacent to an activating group) is 2. The minimum atomic E-state index is -1.26. The van der Waals surface area contributed by atoms with E-state index in [4.69, 9.17) is 35.7 Å². The first kappa shape index (κ1) is 46.6. The number of amides is 2. The van der Waals surface area contributed by atoms with E-state index in [0.29, 0.717) is 47.5 Å². The summed E-state index contributed by atoms with van der Waals surface area (Å²) in [6, 6.07) is 34.5. The van der Waals surface area contributed by atoms with E-state index >= 15 is 0 Å². The molecule has 4 atom stereocenters. The Hall–Kier alpha value is -6.95. The topological polar surface area (TPSA) is 208 Å².